The Bertz CT molecular complexity index is 386. The van der Waals surface area contributed by atoms with Crippen LogP contribution in [0, 0.1) is 5.92 Å². The van der Waals surface area contributed by atoms with Crippen LogP contribution in [0.4, 0.5) is 0 Å². The summed E-state index contributed by atoms with van der Waals surface area (Å²) in [6.45, 7) is 7.86. The van der Waals surface area contributed by atoms with E-state index in [0.29, 0.717) is 6.61 Å². The van der Waals surface area contributed by atoms with E-state index >= 15 is 0 Å². The lowest BCUT2D eigenvalue weighted by Crippen LogP contribution is -2.35. The molecule has 1 aromatic carbocycles. The van der Waals surface area contributed by atoms with Crippen LogP contribution in [0.3, 0.4) is 0 Å². The van der Waals surface area contributed by atoms with Gasteiger partial charge < -0.3 is 14.7 Å². The van der Waals surface area contributed by atoms with E-state index in [1.807, 2.05) is 31.2 Å². The lowest BCUT2D eigenvalue weighted by molar-refractivity contribution is 0.0914. The van der Waals surface area contributed by atoms with Crippen molar-refractivity contribution in [1.82, 2.24) is 4.90 Å². The first kappa shape index (κ1) is 14.4. The van der Waals surface area contributed by atoms with E-state index in [0.717, 1.165) is 36.9 Å². The summed E-state index contributed by atoms with van der Waals surface area (Å²) in [5, 5.41) is 10.3. The molecule has 1 atom stereocenters. The highest BCUT2D eigenvalue weighted by molar-refractivity contribution is 5.30. The molecule has 1 unspecified atom stereocenters. The van der Waals surface area contributed by atoms with Gasteiger partial charge in [-0.15, -0.1) is 0 Å². The zero-order chi connectivity index (χ0) is 13.7. The van der Waals surface area contributed by atoms with Crippen LogP contribution >= 0.6 is 0 Å². The van der Waals surface area contributed by atoms with Crippen LogP contribution in [0.5, 0.6) is 5.75 Å². The molecule has 19 heavy (non-hydrogen) atoms. The van der Waals surface area contributed by atoms with Crippen LogP contribution in [0.25, 0.3) is 0 Å². The van der Waals surface area contributed by atoms with Crippen LogP contribution in [-0.2, 0) is 0 Å². The Hall–Kier alpha value is -1.06. The maximum atomic E-state index is 10.3. The first-order chi connectivity index (χ1) is 9.19. The number of hydrogen-bond acceptors (Lipinski definition) is 3. The molecule has 106 valence electrons. The average molecular weight is 263 g/mol. The second kappa shape index (κ2) is 6.92. The number of likely N-dealkylation sites (tertiary alicyclic amines) is 1. The average Bonchev–Trinajstić information content (AvgIpc) is 2.42. The number of aliphatic hydroxyl groups excluding tert-OH is 1. The maximum absolute atomic E-state index is 10.3. The third kappa shape index (κ3) is 4.22. The summed E-state index contributed by atoms with van der Waals surface area (Å²) in [5.74, 6) is 1.67. The number of ether oxygens (including phenoxy) is 1. The van der Waals surface area contributed by atoms with Gasteiger partial charge in [0.05, 0.1) is 12.7 Å². The summed E-state index contributed by atoms with van der Waals surface area (Å²) < 4.78 is 5.48. The molecule has 1 N–H and O–H groups in total. The van der Waals surface area contributed by atoms with Crippen LogP contribution in [0.15, 0.2) is 24.3 Å². The van der Waals surface area contributed by atoms with Gasteiger partial charge in [0.2, 0.25) is 0 Å². The van der Waals surface area contributed by atoms with Gasteiger partial charge in [-0.2, -0.15) is 0 Å². The topological polar surface area (TPSA) is 32.7 Å². The molecule has 0 aromatic heterocycles. The van der Waals surface area contributed by atoms with E-state index in [9.17, 15) is 5.11 Å². The zero-order valence-corrected chi connectivity index (χ0v) is 12.0. The quantitative estimate of drug-likeness (QED) is 0.886. The van der Waals surface area contributed by atoms with Gasteiger partial charge in [0.25, 0.3) is 0 Å². The molecule has 1 saturated heterocycles. The van der Waals surface area contributed by atoms with E-state index in [2.05, 4.69) is 11.8 Å². The lowest BCUT2D eigenvalue weighted by atomic mass is 9.98. The smallest absolute Gasteiger partial charge is 0.119 e. The summed E-state index contributed by atoms with van der Waals surface area (Å²) in [6, 6.07) is 7.80. The van der Waals surface area contributed by atoms with Crippen molar-refractivity contribution in [3.05, 3.63) is 29.8 Å². The molecule has 1 fully saturated rings. The number of hydrogen-bond donors (Lipinski definition) is 1. The summed E-state index contributed by atoms with van der Waals surface area (Å²) in [4.78, 5) is 2.36. The second-order valence-electron chi connectivity index (χ2n) is 5.50. The van der Waals surface area contributed by atoms with Crippen LogP contribution in [0.1, 0.15) is 38.4 Å². The number of nitrogens with zero attached hydrogens (tertiary/aromatic N) is 1. The van der Waals surface area contributed by atoms with Gasteiger partial charge in [0.15, 0.2) is 0 Å². The molecule has 1 heterocycles. The Labute approximate surface area is 116 Å². The van der Waals surface area contributed by atoms with Gasteiger partial charge in [-0.3, -0.25) is 0 Å². The number of β-amino-alcohol motifs (C(OH)–C–C–N with tert-alkyl or cyclic N) is 1. The third-order valence-electron chi connectivity index (χ3n) is 3.86. The van der Waals surface area contributed by atoms with Gasteiger partial charge in [0.1, 0.15) is 5.75 Å². The molecule has 3 heteroatoms. The van der Waals surface area contributed by atoms with Crippen molar-refractivity contribution < 1.29 is 9.84 Å². The molecule has 1 aliphatic rings. The molecule has 0 radical (unpaired) electrons. The van der Waals surface area contributed by atoms with Crippen molar-refractivity contribution in [2.45, 2.75) is 32.8 Å². The molecule has 0 amide bonds. The predicted molar refractivity (Wildman–Crippen MR) is 77.4 cm³/mol. The van der Waals surface area contributed by atoms with Gasteiger partial charge in [-0.1, -0.05) is 19.1 Å². The standard InChI is InChI=1S/C16H25NO2/c1-3-19-15-6-4-5-14(11-15)16(18)12-17-9-7-13(2)8-10-17/h4-6,11,13,16,18H,3,7-10,12H2,1-2H3. The molecule has 1 aliphatic heterocycles. The van der Waals surface area contributed by atoms with Crippen molar-refractivity contribution in [3.63, 3.8) is 0 Å². The normalized spacial score (nSPS) is 19.3. The Morgan fingerprint density at radius 1 is 1.37 bits per heavy atom. The second-order valence-corrected chi connectivity index (χ2v) is 5.50. The number of benzene rings is 1. The Balaban J connectivity index is 1.91. The first-order valence-electron chi connectivity index (χ1n) is 7.32. The molecule has 0 aliphatic carbocycles. The number of aliphatic hydroxyl groups is 1. The fraction of sp³-hybridized carbons (Fsp3) is 0.625. The number of piperidine rings is 1. The van der Waals surface area contributed by atoms with Crippen molar-refractivity contribution in [1.29, 1.82) is 0 Å². The molecular formula is C16H25NO2. The monoisotopic (exact) mass is 263 g/mol. The molecule has 1 aromatic rings. The molecule has 2 rings (SSSR count). The van der Waals surface area contributed by atoms with Crippen molar-refractivity contribution >= 4 is 0 Å². The van der Waals surface area contributed by atoms with E-state index in [1.54, 1.807) is 0 Å². The fourth-order valence-electron chi connectivity index (χ4n) is 2.57. The Morgan fingerprint density at radius 3 is 2.79 bits per heavy atom. The van der Waals surface area contributed by atoms with E-state index < -0.39 is 6.10 Å². The minimum Gasteiger partial charge on any atom is -0.494 e. The van der Waals surface area contributed by atoms with Gasteiger partial charge in [-0.25, -0.2) is 0 Å². The number of rotatable bonds is 5. The van der Waals surface area contributed by atoms with Gasteiger partial charge >= 0.3 is 0 Å². The lowest BCUT2D eigenvalue weighted by Gasteiger charge is -2.31. The largest absolute Gasteiger partial charge is 0.494 e. The summed E-state index contributed by atoms with van der Waals surface area (Å²) in [5.41, 5.74) is 0.949. The highest BCUT2D eigenvalue weighted by atomic mass is 16.5. The van der Waals surface area contributed by atoms with Crippen LogP contribution in [-0.4, -0.2) is 36.2 Å². The summed E-state index contributed by atoms with van der Waals surface area (Å²) in [6.07, 6.45) is 2.06. The van der Waals surface area contributed by atoms with Crippen LogP contribution < -0.4 is 4.74 Å². The highest BCUT2D eigenvalue weighted by Crippen LogP contribution is 2.22. The molecular weight excluding hydrogens is 238 g/mol. The van der Waals surface area contributed by atoms with Crippen LogP contribution in [0.2, 0.25) is 0 Å². The molecule has 0 saturated carbocycles. The first-order valence-corrected chi connectivity index (χ1v) is 7.32. The predicted octanol–water partition coefficient (Wildman–Crippen LogP) is 2.85. The van der Waals surface area contributed by atoms with Gasteiger partial charge in [0, 0.05) is 6.54 Å². The summed E-state index contributed by atoms with van der Waals surface area (Å²) >= 11 is 0. The van der Waals surface area contributed by atoms with Gasteiger partial charge in [-0.05, 0) is 56.5 Å². The minimum atomic E-state index is -0.422. The Morgan fingerprint density at radius 2 is 2.11 bits per heavy atom. The highest BCUT2D eigenvalue weighted by Gasteiger charge is 2.19. The minimum absolute atomic E-state index is 0.422. The van der Waals surface area contributed by atoms with E-state index in [4.69, 9.17) is 4.74 Å². The molecule has 0 spiro atoms. The maximum Gasteiger partial charge on any atom is 0.119 e. The third-order valence-corrected chi connectivity index (χ3v) is 3.86. The zero-order valence-electron chi connectivity index (χ0n) is 12.0. The van der Waals surface area contributed by atoms with Crippen molar-refractivity contribution in [2.75, 3.05) is 26.2 Å². The van der Waals surface area contributed by atoms with E-state index in [-0.39, 0.29) is 0 Å². The van der Waals surface area contributed by atoms with E-state index in [1.165, 1.54) is 12.8 Å². The molecule has 3 nitrogen and oxygen atoms in total. The SMILES string of the molecule is CCOc1cccc(C(O)CN2CCC(C)CC2)c1. The fourth-order valence-corrected chi connectivity index (χ4v) is 2.57. The van der Waals surface area contributed by atoms with Crippen molar-refractivity contribution in [2.24, 2.45) is 5.92 Å². The summed E-state index contributed by atoms with van der Waals surface area (Å²) in [7, 11) is 0. The van der Waals surface area contributed by atoms with Crippen molar-refractivity contribution in [3.8, 4) is 5.75 Å². The Kier molecular flexibility index (Phi) is 5.23. The molecule has 0 bridgehead atoms.